The molecule has 0 spiro atoms. The van der Waals surface area contributed by atoms with Crippen molar-refractivity contribution in [3.63, 3.8) is 0 Å². The Hall–Kier alpha value is -1.54. The minimum absolute atomic E-state index is 0.142. The van der Waals surface area contributed by atoms with E-state index in [1.807, 2.05) is 13.0 Å². The van der Waals surface area contributed by atoms with Gasteiger partial charge in [0.1, 0.15) is 11.5 Å². The van der Waals surface area contributed by atoms with E-state index in [4.69, 9.17) is 4.42 Å². The van der Waals surface area contributed by atoms with Crippen molar-refractivity contribution < 1.29 is 4.42 Å². The van der Waals surface area contributed by atoms with Gasteiger partial charge < -0.3 is 9.73 Å². The SMILES string of the molecule is CCNC(c1ccc(C)o1)c1cccc(C)c1C. The Kier molecular flexibility index (Phi) is 3.87. The molecule has 0 saturated heterocycles. The summed E-state index contributed by atoms with van der Waals surface area (Å²) in [6, 6.07) is 10.7. The minimum Gasteiger partial charge on any atom is -0.464 e. The van der Waals surface area contributed by atoms with E-state index in [9.17, 15) is 0 Å². The highest BCUT2D eigenvalue weighted by Crippen LogP contribution is 2.27. The maximum absolute atomic E-state index is 5.78. The summed E-state index contributed by atoms with van der Waals surface area (Å²) < 4.78 is 5.78. The topological polar surface area (TPSA) is 25.2 Å². The lowest BCUT2D eigenvalue weighted by Crippen LogP contribution is -2.22. The molecular weight excluding hydrogens is 222 g/mol. The number of benzene rings is 1. The number of nitrogens with one attached hydrogen (secondary N) is 1. The number of aryl methyl sites for hydroxylation is 2. The third-order valence-corrected chi connectivity index (χ3v) is 3.41. The first-order chi connectivity index (χ1) is 8.63. The smallest absolute Gasteiger partial charge is 0.125 e. The van der Waals surface area contributed by atoms with Gasteiger partial charge in [-0.15, -0.1) is 0 Å². The second-order valence-corrected chi connectivity index (χ2v) is 4.73. The van der Waals surface area contributed by atoms with Crippen molar-refractivity contribution in [3.8, 4) is 0 Å². The molecule has 1 unspecified atom stereocenters. The molecule has 0 radical (unpaired) electrons. The first-order valence-corrected chi connectivity index (χ1v) is 6.49. The van der Waals surface area contributed by atoms with Gasteiger partial charge in [-0.1, -0.05) is 25.1 Å². The van der Waals surface area contributed by atoms with Gasteiger partial charge in [0.2, 0.25) is 0 Å². The summed E-state index contributed by atoms with van der Waals surface area (Å²) in [5, 5.41) is 3.50. The fraction of sp³-hybridized carbons (Fsp3) is 0.375. The van der Waals surface area contributed by atoms with E-state index in [0.717, 1.165) is 18.1 Å². The van der Waals surface area contributed by atoms with E-state index < -0.39 is 0 Å². The lowest BCUT2D eigenvalue weighted by molar-refractivity contribution is 0.434. The van der Waals surface area contributed by atoms with Crippen LogP contribution in [0.5, 0.6) is 0 Å². The van der Waals surface area contributed by atoms with Crippen molar-refractivity contribution >= 4 is 0 Å². The third kappa shape index (κ3) is 2.49. The predicted molar refractivity (Wildman–Crippen MR) is 74.9 cm³/mol. The van der Waals surface area contributed by atoms with Crippen molar-refractivity contribution in [1.29, 1.82) is 0 Å². The zero-order chi connectivity index (χ0) is 13.1. The summed E-state index contributed by atoms with van der Waals surface area (Å²) in [5.74, 6) is 1.95. The first kappa shape index (κ1) is 12.9. The zero-order valence-electron chi connectivity index (χ0n) is 11.6. The molecule has 1 heterocycles. The minimum atomic E-state index is 0.142. The van der Waals surface area contributed by atoms with Gasteiger partial charge in [0.15, 0.2) is 0 Å². The number of hydrogen-bond acceptors (Lipinski definition) is 2. The van der Waals surface area contributed by atoms with E-state index >= 15 is 0 Å². The molecule has 0 aliphatic heterocycles. The van der Waals surface area contributed by atoms with E-state index in [1.54, 1.807) is 0 Å². The van der Waals surface area contributed by atoms with Gasteiger partial charge in [0, 0.05) is 0 Å². The van der Waals surface area contributed by atoms with E-state index in [-0.39, 0.29) is 6.04 Å². The molecule has 2 nitrogen and oxygen atoms in total. The predicted octanol–water partition coefficient (Wildman–Crippen LogP) is 3.90. The van der Waals surface area contributed by atoms with E-state index in [0.29, 0.717) is 0 Å². The van der Waals surface area contributed by atoms with E-state index in [1.165, 1.54) is 16.7 Å². The lowest BCUT2D eigenvalue weighted by atomic mass is 9.96. The van der Waals surface area contributed by atoms with Gasteiger partial charge in [-0.3, -0.25) is 0 Å². The number of furan rings is 1. The molecule has 1 atom stereocenters. The summed E-state index contributed by atoms with van der Waals surface area (Å²) >= 11 is 0. The quantitative estimate of drug-likeness (QED) is 0.881. The van der Waals surface area contributed by atoms with Crippen LogP contribution < -0.4 is 5.32 Å². The van der Waals surface area contributed by atoms with Crippen LogP contribution in [0.1, 0.15) is 41.2 Å². The normalized spacial score (nSPS) is 12.7. The molecule has 1 aromatic carbocycles. The van der Waals surface area contributed by atoms with Gasteiger partial charge in [-0.2, -0.15) is 0 Å². The standard InChI is InChI=1S/C16H21NO/c1-5-17-16(15-10-9-12(3)18-15)14-8-6-7-11(2)13(14)4/h6-10,16-17H,5H2,1-4H3. The Morgan fingerprint density at radius 1 is 1.11 bits per heavy atom. The van der Waals surface area contributed by atoms with Crippen LogP contribution in [0.15, 0.2) is 34.7 Å². The van der Waals surface area contributed by atoms with Crippen LogP contribution in [0, 0.1) is 20.8 Å². The van der Waals surface area contributed by atoms with Crippen LogP contribution in [-0.2, 0) is 0 Å². The Morgan fingerprint density at radius 3 is 2.50 bits per heavy atom. The molecule has 0 bridgehead atoms. The molecular formula is C16H21NO. The second kappa shape index (κ2) is 5.40. The fourth-order valence-corrected chi connectivity index (χ4v) is 2.26. The zero-order valence-corrected chi connectivity index (χ0v) is 11.6. The molecule has 0 saturated carbocycles. The summed E-state index contributed by atoms with van der Waals surface area (Å²) in [6.07, 6.45) is 0. The Labute approximate surface area is 109 Å². The molecule has 2 heteroatoms. The monoisotopic (exact) mass is 243 g/mol. The van der Waals surface area contributed by atoms with Crippen molar-refractivity contribution in [3.05, 3.63) is 58.5 Å². The first-order valence-electron chi connectivity index (χ1n) is 6.49. The van der Waals surface area contributed by atoms with Crippen LogP contribution in [0.3, 0.4) is 0 Å². The van der Waals surface area contributed by atoms with Gasteiger partial charge in [0.05, 0.1) is 6.04 Å². The van der Waals surface area contributed by atoms with E-state index in [2.05, 4.69) is 50.4 Å². The molecule has 0 aliphatic rings. The Balaban J connectivity index is 2.44. The molecule has 2 rings (SSSR count). The number of rotatable bonds is 4. The van der Waals surface area contributed by atoms with Gasteiger partial charge >= 0.3 is 0 Å². The van der Waals surface area contributed by atoms with Gasteiger partial charge in [-0.25, -0.2) is 0 Å². The Morgan fingerprint density at radius 2 is 1.89 bits per heavy atom. The highest BCUT2D eigenvalue weighted by Gasteiger charge is 2.18. The molecule has 18 heavy (non-hydrogen) atoms. The molecule has 0 fully saturated rings. The molecule has 96 valence electrons. The summed E-state index contributed by atoms with van der Waals surface area (Å²) in [7, 11) is 0. The van der Waals surface area contributed by atoms with Crippen molar-refractivity contribution in [2.45, 2.75) is 33.7 Å². The Bertz CT molecular complexity index is 528. The maximum atomic E-state index is 5.78. The summed E-state index contributed by atoms with van der Waals surface area (Å²) in [6.45, 7) is 9.33. The highest BCUT2D eigenvalue weighted by molar-refractivity contribution is 5.38. The maximum Gasteiger partial charge on any atom is 0.125 e. The molecule has 0 amide bonds. The highest BCUT2D eigenvalue weighted by atomic mass is 16.3. The van der Waals surface area contributed by atoms with Crippen molar-refractivity contribution in [2.24, 2.45) is 0 Å². The average Bonchev–Trinajstić information content (AvgIpc) is 2.77. The van der Waals surface area contributed by atoms with Gasteiger partial charge in [-0.05, 0) is 56.1 Å². The molecule has 1 aromatic heterocycles. The fourth-order valence-electron chi connectivity index (χ4n) is 2.26. The van der Waals surface area contributed by atoms with Crippen LogP contribution in [0.4, 0.5) is 0 Å². The van der Waals surface area contributed by atoms with Crippen LogP contribution >= 0.6 is 0 Å². The lowest BCUT2D eigenvalue weighted by Gasteiger charge is -2.19. The third-order valence-electron chi connectivity index (χ3n) is 3.41. The number of hydrogen-bond donors (Lipinski definition) is 1. The largest absolute Gasteiger partial charge is 0.464 e. The summed E-state index contributed by atoms with van der Waals surface area (Å²) in [5.41, 5.74) is 3.95. The average molecular weight is 243 g/mol. The van der Waals surface area contributed by atoms with Gasteiger partial charge in [0.25, 0.3) is 0 Å². The second-order valence-electron chi connectivity index (χ2n) is 4.73. The van der Waals surface area contributed by atoms with Crippen molar-refractivity contribution in [1.82, 2.24) is 5.32 Å². The van der Waals surface area contributed by atoms with Crippen LogP contribution in [0.25, 0.3) is 0 Å². The molecule has 2 aromatic rings. The van der Waals surface area contributed by atoms with Crippen molar-refractivity contribution in [2.75, 3.05) is 6.54 Å². The molecule has 0 aliphatic carbocycles. The molecule has 1 N–H and O–H groups in total. The summed E-state index contributed by atoms with van der Waals surface area (Å²) in [4.78, 5) is 0. The van der Waals surface area contributed by atoms with Crippen LogP contribution in [-0.4, -0.2) is 6.54 Å². The van der Waals surface area contributed by atoms with Crippen LogP contribution in [0.2, 0.25) is 0 Å².